The van der Waals surface area contributed by atoms with Crippen molar-refractivity contribution < 1.29 is 9.53 Å². The summed E-state index contributed by atoms with van der Waals surface area (Å²) in [4.78, 5) is 22.3. The van der Waals surface area contributed by atoms with Crippen LogP contribution in [0.1, 0.15) is 35.8 Å². The molecule has 0 bridgehead atoms. The van der Waals surface area contributed by atoms with Gasteiger partial charge in [0.1, 0.15) is 12.4 Å². The van der Waals surface area contributed by atoms with Gasteiger partial charge in [0, 0.05) is 6.54 Å². The van der Waals surface area contributed by atoms with Crippen LogP contribution in [0, 0.1) is 6.92 Å². The highest BCUT2D eigenvalue weighted by Gasteiger charge is 2.33. The highest BCUT2D eigenvalue weighted by atomic mass is 16.6. The third-order valence-corrected chi connectivity index (χ3v) is 4.97. The van der Waals surface area contributed by atoms with Crippen LogP contribution in [0.5, 0.6) is 0 Å². The highest BCUT2D eigenvalue weighted by molar-refractivity contribution is 5.68. The number of hydrogen-bond acceptors (Lipinski definition) is 3. The van der Waals surface area contributed by atoms with Crippen LogP contribution in [0.25, 0.3) is 11.3 Å². The highest BCUT2D eigenvalue weighted by Crippen LogP contribution is 2.32. The molecule has 1 saturated heterocycles. The number of amides is 1. The second kappa shape index (κ2) is 7.66. The summed E-state index contributed by atoms with van der Waals surface area (Å²) in [5, 5.41) is 0. The third-order valence-electron chi connectivity index (χ3n) is 4.97. The van der Waals surface area contributed by atoms with E-state index >= 15 is 0 Å². The zero-order valence-electron chi connectivity index (χ0n) is 15.4. The molecular weight excluding hydrogens is 338 g/mol. The quantitative estimate of drug-likeness (QED) is 0.722. The molecule has 138 valence electrons. The lowest BCUT2D eigenvalue weighted by Gasteiger charge is -2.22. The molecule has 1 aliphatic rings. The minimum atomic E-state index is -0.283. The number of nitrogens with one attached hydrogen (secondary N) is 1. The Morgan fingerprint density at radius 3 is 2.74 bits per heavy atom. The first kappa shape index (κ1) is 17.3. The monoisotopic (exact) mass is 361 g/mol. The van der Waals surface area contributed by atoms with E-state index in [1.807, 2.05) is 36.5 Å². The second-order valence-corrected chi connectivity index (χ2v) is 6.94. The Bertz CT molecular complexity index is 903. The Morgan fingerprint density at radius 2 is 1.96 bits per heavy atom. The predicted molar refractivity (Wildman–Crippen MR) is 104 cm³/mol. The molecule has 0 spiro atoms. The van der Waals surface area contributed by atoms with Gasteiger partial charge in [-0.05, 0) is 30.9 Å². The fraction of sp³-hybridized carbons (Fsp3) is 0.273. The van der Waals surface area contributed by atoms with E-state index in [2.05, 4.69) is 41.2 Å². The van der Waals surface area contributed by atoms with E-state index in [-0.39, 0.29) is 18.7 Å². The summed E-state index contributed by atoms with van der Waals surface area (Å²) in [6.45, 7) is 3.05. The fourth-order valence-electron chi connectivity index (χ4n) is 3.46. The molecule has 0 radical (unpaired) electrons. The van der Waals surface area contributed by atoms with Crippen LogP contribution in [0.15, 0.2) is 60.8 Å². The van der Waals surface area contributed by atoms with Crippen molar-refractivity contribution in [2.45, 2.75) is 32.4 Å². The first-order valence-electron chi connectivity index (χ1n) is 9.30. The summed E-state index contributed by atoms with van der Waals surface area (Å²) in [5.74, 6) is 0.819. The van der Waals surface area contributed by atoms with E-state index in [4.69, 9.17) is 4.74 Å². The zero-order valence-corrected chi connectivity index (χ0v) is 15.4. The predicted octanol–water partition coefficient (Wildman–Crippen LogP) is 4.86. The van der Waals surface area contributed by atoms with Crippen LogP contribution >= 0.6 is 0 Å². The number of likely N-dealkylation sites (tertiary alicyclic amines) is 1. The molecule has 2 aromatic carbocycles. The lowest BCUT2D eigenvalue weighted by molar-refractivity contribution is 0.0910. The van der Waals surface area contributed by atoms with Crippen LogP contribution in [-0.4, -0.2) is 27.5 Å². The van der Waals surface area contributed by atoms with E-state index in [1.165, 1.54) is 5.56 Å². The molecule has 1 N–H and O–H groups in total. The SMILES string of the molecule is Cc1ccc(-c2cnc([C@@H]3CCCN3C(=O)OCc3ccccc3)[nH]2)cc1. The lowest BCUT2D eigenvalue weighted by atomic mass is 10.1. The largest absolute Gasteiger partial charge is 0.445 e. The smallest absolute Gasteiger partial charge is 0.410 e. The number of rotatable bonds is 4. The van der Waals surface area contributed by atoms with Gasteiger partial charge < -0.3 is 9.72 Å². The van der Waals surface area contributed by atoms with Gasteiger partial charge in [-0.2, -0.15) is 0 Å². The average molecular weight is 361 g/mol. The number of nitrogens with zero attached hydrogens (tertiary/aromatic N) is 2. The Balaban J connectivity index is 1.45. The van der Waals surface area contributed by atoms with Crippen molar-refractivity contribution in [3.8, 4) is 11.3 Å². The van der Waals surface area contributed by atoms with Gasteiger partial charge >= 0.3 is 6.09 Å². The maximum absolute atomic E-state index is 12.6. The van der Waals surface area contributed by atoms with E-state index in [0.717, 1.165) is 35.5 Å². The molecule has 0 unspecified atom stereocenters. The standard InChI is InChI=1S/C22H23N3O2/c1-16-9-11-18(12-10-16)19-14-23-21(24-19)20-8-5-13-25(20)22(26)27-15-17-6-3-2-4-7-17/h2-4,6-7,9-12,14,20H,5,8,13,15H2,1H3,(H,23,24)/t20-/m0/s1. The number of aromatic amines is 1. The van der Waals surface area contributed by atoms with Gasteiger partial charge in [-0.3, -0.25) is 4.90 Å². The molecule has 0 saturated carbocycles. The fourth-order valence-corrected chi connectivity index (χ4v) is 3.46. The molecule has 1 fully saturated rings. The maximum Gasteiger partial charge on any atom is 0.410 e. The van der Waals surface area contributed by atoms with E-state index in [0.29, 0.717) is 6.54 Å². The number of carbonyl (C=O) groups excluding carboxylic acids is 1. The number of hydrogen-bond donors (Lipinski definition) is 1. The van der Waals surface area contributed by atoms with Gasteiger partial charge in [0.2, 0.25) is 0 Å². The van der Waals surface area contributed by atoms with Crippen molar-refractivity contribution in [2.24, 2.45) is 0 Å². The molecule has 1 aromatic heterocycles. The van der Waals surface area contributed by atoms with E-state index < -0.39 is 0 Å². The van der Waals surface area contributed by atoms with Crippen molar-refractivity contribution in [1.29, 1.82) is 0 Å². The second-order valence-electron chi connectivity index (χ2n) is 6.94. The van der Waals surface area contributed by atoms with Crippen LogP contribution in [-0.2, 0) is 11.3 Å². The normalized spacial score (nSPS) is 16.5. The van der Waals surface area contributed by atoms with Crippen LogP contribution in [0.2, 0.25) is 0 Å². The Morgan fingerprint density at radius 1 is 1.19 bits per heavy atom. The number of H-pyrrole nitrogens is 1. The summed E-state index contributed by atoms with van der Waals surface area (Å²) in [6.07, 6.45) is 3.40. The Kier molecular flexibility index (Phi) is 4.92. The molecule has 4 rings (SSSR count). The van der Waals surface area contributed by atoms with E-state index in [9.17, 15) is 4.79 Å². The molecule has 2 heterocycles. The van der Waals surface area contributed by atoms with Crippen molar-refractivity contribution in [1.82, 2.24) is 14.9 Å². The number of aromatic nitrogens is 2. The van der Waals surface area contributed by atoms with Crippen molar-refractivity contribution in [3.63, 3.8) is 0 Å². The van der Waals surface area contributed by atoms with Crippen molar-refractivity contribution >= 4 is 6.09 Å². The summed E-state index contributed by atoms with van der Waals surface area (Å²) in [6, 6.07) is 18.0. The summed E-state index contributed by atoms with van der Waals surface area (Å²) < 4.78 is 5.51. The average Bonchev–Trinajstić information content (AvgIpc) is 3.37. The van der Waals surface area contributed by atoms with Gasteiger partial charge in [-0.25, -0.2) is 9.78 Å². The van der Waals surface area contributed by atoms with Gasteiger partial charge in [0.25, 0.3) is 0 Å². The zero-order chi connectivity index (χ0) is 18.6. The number of aryl methyl sites for hydroxylation is 1. The molecule has 0 aliphatic carbocycles. The number of imidazole rings is 1. The number of benzene rings is 2. The minimum absolute atomic E-state index is 0.0625. The summed E-state index contributed by atoms with van der Waals surface area (Å²) in [5.41, 5.74) is 4.27. The summed E-state index contributed by atoms with van der Waals surface area (Å²) in [7, 11) is 0. The van der Waals surface area contributed by atoms with Crippen LogP contribution in [0.3, 0.4) is 0 Å². The van der Waals surface area contributed by atoms with Crippen molar-refractivity contribution in [2.75, 3.05) is 6.54 Å². The molecular formula is C22H23N3O2. The molecule has 1 amide bonds. The molecule has 5 heteroatoms. The first-order chi connectivity index (χ1) is 13.2. The van der Waals surface area contributed by atoms with Crippen LogP contribution in [0.4, 0.5) is 4.79 Å². The molecule has 1 aliphatic heterocycles. The lowest BCUT2D eigenvalue weighted by Crippen LogP contribution is -2.31. The third kappa shape index (κ3) is 3.87. The van der Waals surface area contributed by atoms with E-state index in [1.54, 1.807) is 4.90 Å². The molecule has 1 atom stereocenters. The number of carbonyl (C=O) groups is 1. The Labute approximate surface area is 159 Å². The molecule has 3 aromatic rings. The molecule has 27 heavy (non-hydrogen) atoms. The minimum Gasteiger partial charge on any atom is -0.445 e. The van der Waals surface area contributed by atoms with Crippen molar-refractivity contribution in [3.05, 3.63) is 77.7 Å². The topological polar surface area (TPSA) is 58.2 Å². The van der Waals surface area contributed by atoms with Gasteiger partial charge in [0.15, 0.2) is 0 Å². The van der Waals surface area contributed by atoms with Gasteiger partial charge in [-0.15, -0.1) is 0 Å². The van der Waals surface area contributed by atoms with Crippen LogP contribution < -0.4 is 0 Å². The Hall–Kier alpha value is -3.08. The first-order valence-corrected chi connectivity index (χ1v) is 9.30. The number of ether oxygens (including phenoxy) is 1. The van der Waals surface area contributed by atoms with Gasteiger partial charge in [-0.1, -0.05) is 60.2 Å². The van der Waals surface area contributed by atoms with Gasteiger partial charge in [0.05, 0.1) is 17.9 Å². The molecule has 5 nitrogen and oxygen atoms in total. The maximum atomic E-state index is 12.6. The summed E-state index contributed by atoms with van der Waals surface area (Å²) >= 11 is 0.